The van der Waals surface area contributed by atoms with Gasteiger partial charge < -0.3 is 0 Å². The Kier molecular flexibility index (Phi) is 1.51. The van der Waals surface area contributed by atoms with E-state index in [1.807, 2.05) is 24.3 Å². The molecule has 0 aliphatic heterocycles. The molecule has 2 aromatic rings. The highest BCUT2D eigenvalue weighted by Crippen LogP contribution is 2.18. The maximum absolute atomic E-state index is 5.76. The Hall–Kier alpha value is -1.08. The van der Waals surface area contributed by atoms with Crippen LogP contribution in [0.15, 0.2) is 41.0 Å². The van der Waals surface area contributed by atoms with Gasteiger partial charge in [0.05, 0.1) is 16.5 Å². The molecule has 2 rings (SSSR count). The molecule has 0 radical (unpaired) electrons. The van der Waals surface area contributed by atoms with Crippen molar-refractivity contribution in [2.24, 2.45) is 0 Å². The third-order valence-electron chi connectivity index (χ3n) is 1.52. The molecular formula is C9H6ClO+. The highest BCUT2D eigenvalue weighted by Gasteiger charge is 2.03. The second-order valence-corrected chi connectivity index (χ2v) is 2.73. The van der Waals surface area contributed by atoms with Gasteiger partial charge in [0.1, 0.15) is 0 Å². The quantitative estimate of drug-likeness (QED) is 0.545. The topological polar surface area (TPSA) is 11.3 Å². The van der Waals surface area contributed by atoms with Gasteiger partial charge in [-0.05, 0) is 18.2 Å². The van der Waals surface area contributed by atoms with Crippen LogP contribution in [-0.2, 0) is 0 Å². The van der Waals surface area contributed by atoms with Crippen molar-refractivity contribution in [3.63, 3.8) is 0 Å². The predicted octanol–water partition coefficient (Wildman–Crippen LogP) is 3.37. The average molecular weight is 166 g/mol. The van der Waals surface area contributed by atoms with Gasteiger partial charge in [-0.15, -0.1) is 0 Å². The van der Waals surface area contributed by atoms with E-state index in [-0.39, 0.29) is 0 Å². The van der Waals surface area contributed by atoms with Crippen LogP contribution in [0.2, 0.25) is 5.02 Å². The SMILES string of the molecule is Clc1ccc2ccc[o+]c2c1. The first-order chi connectivity index (χ1) is 5.36. The summed E-state index contributed by atoms with van der Waals surface area (Å²) in [6.45, 7) is 0. The molecule has 1 nitrogen and oxygen atoms in total. The minimum atomic E-state index is 0.701. The lowest BCUT2D eigenvalue weighted by atomic mass is 10.2. The summed E-state index contributed by atoms with van der Waals surface area (Å²) in [4.78, 5) is 0. The minimum Gasteiger partial charge on any atom is -0.216 e. The van der Waals surface area contributed by atoms with Gasteiger partial charge in [-0.25, -0.2) is 4.42 Å². The second-order valence-electron chi connectivity index (χ2n) is 2.30. The molecule has 0 amide bonds. The van der Waals surface area contributed by atoms with Crippen LogP contribution in [0.25, 0.3) is 11.0 Å². The summed E-state index contributed by atoms with van der Waals surface area (Å²) in [5, 5.41) is 1.77. The highest BCUT2D eigenvalue weighted by molar-refractivity contribution is 6.31. The molecule has 1 aromatic heterocycles. The Labute approximate surface area is 69.2 Å². The highest BCUT2D eigenvalue weighted by atomic mass is 35.5. The molecule has 0 saturated carbocycles. The van der Waals surface area contributed by atoms with Gasteiger partial charge in [0.25, 0.3) is 0 Å². The van der Waals surface area contributed by atoms with Gasteiger partial charge in [0.15, 0.2) is 0 Å². The zero-order chi connectivity index (χ0) is 7.68. The third-order valence-corrected chi connectivity index (χ3v) is 1.76. The molecule has 2 heteroatoms. The standard InChI is InChI=1S/C9H6ClO/c10-8-4-3-7-2-1-5-11-9(7)6-8/h1-6H/q+1. The molecule has 0 atom stereocenters. The first-order valence-electron chi connectivity index (χ1n) is 3.32. The monoisotopic (exact) mass is 165 g/mol. The Morgan fingerprint density at radius 3 is 3.00 bits per heavy atom. The first kappa shape index (κ1) is 6.62. The van der Waals surface area contributed by atoms with Crippen LogP contribution in [0.3, 0.4) is 0 Å². The number of fused-ring (bicyclic) bond motifs is 1. The first-order valence-corrected chi connectivity index (χ1v) is 3.70. The molecule has 1 aromatic carbocycles. The van der Waals surface area contributed by atoms with E-state index in [1.54, 1.807) is 12.3 Å². The Bertz CT molecular complexity index is 384. The van der Waals surface area contributed by atoms with Crippen molar-refractivity contribution in [1.29, 1.82) is 0 Å². The van der Waals surface area contributed by atoms with E-state index in [0.717, 1.165) is 11.0 Å². The molecule has 0 saturated heterocycles. The number of benzene rings is 1. The summed E-state index contributed by atoms with van der Waals surface area (Å²) in [5.41, 5.74) is 0.819. The van der Waals surface area contributed by atoms with Crippen LogP contribution >= 0.6 is 11.6 Å². The lowest BCUT2D eigenvalue weighted by Gasteiger charge is -1.86. The summed E-state index contributed by atoms with van der Waals surface area (Å²) in [5.74, 6) is 0. The second kappa shape index (κ2) is 2.51. The van der Waals surface area contributed by atoms with Crippen molar-refractivity contribution < 1.29 is 4.42 Å². The number of rotatable bonds is 0. The van der Waals surface area contributed by atoms with Gasteiger partial charge in [0.2, 0.25) is 0 Å². The Morgan fingerprint density at radius 2 is 2.09 bits per heavy atom. The van der Waals surface area contributed by atoms with Crippen LogP contribution < -0.4 is 0 Å². The van der Waals surface area contributed by atoms with E-state index in [0.29, 0.717) is 5.02 Å². The van der Waals surface area contributed by atoms with Gasteiger partial charge in [0, 0.05) is 6.07 Å². The smallest absolute Gasteiger partial charge is 0.216 e. The maximum atomic E-state index is 5.76. The van der Waals surface area contributed by atoms with E-state index in [4.69, 9.17) is 16.0 Å². The molecule has 0 unspecified atom stereocenters. The Morgan fingerprint density at radius 1 is 1.18 bits per heavy atom. The maximum Gasteiger partial charge on any atom is 0.361 e. The molecular weight excluding hydrogens is 160 g/mol. The van der Waals surface area contributed by atoms with Crippen molar-refractivity contribution >= 4 is 22.6 Å². The van der Waals surface area contributed by atoms with Crippen molar-refractivity contribution in [2.45, 2.75) is 0 Å². The van der Waals surface area contributed by atoms with Crippen LogP contribution in [0, 0.1) is 0 Å². The van der Waals surface area contributed by atoms with Crippen LogP contribution in [-0.4, -0.2) is 0 Å². The Balaban J connectivity index is 2.83. The van der Waals surface area contributed by atoms with E-state index in [2.05, 4.69) is 0 Å². The number of hydrogen-bond acceptors (Lipinski definition) is 0. The third kappa shape index (κ3) is 1.19. The summed E-state index contributed by atoms with van der Waals surface area (Å²) in [6.07, 6.45) is 1.64. The van der Waals surface area contributed by atoms with Crippen molar-refractivity contribution in [2.75, 3.05) is 0 Å². The minimum absolute atomic E-state index is 0.701. The fourth-order valence-corrected chi connectivity index (χ4v) is 1.17. The fraction of sp³-hybridized carbons (Fsp3) is 0. The summed E-state index contributed by atoms with van der Waals surface area (Å²) < 4.78 is 5.21. The zero-order valence-corrected chi connectivity index (χ0v) is 6.51. The zero-order valence-electron chi connectivity index (χ0n) is 5.75. The van der Waals surface area contributed by atoms with Crippen molar-refractivity contribution in [3.05, 3.63) is 41.6 Å². The van der Waals surface area contributed by atoms with Crippen molar-refractivity contribution in [3.8, 4) is 0 Å². The van der Waals surface area contributed by atoms with E-state index >= 15 is 0 Å². The van der Waals surface area contributed by atoms with E-state index in [1.165, 1.54) is 0 Å². The molecule has 0 fully saturated rings. The molecule has 0 aliphatic carbocycles. The molecule has 0 N–H and O–H groups in total. The molecule has 54 valence electrons. The number of hydrogen-bond donors (Lipinski definition) is 0. The van der Waals surface area contributed by atoms with Crippen molar-refractivity contribution in [1.82, 2.24) is 0 Å². The largest absolute Gasteiger partial charge is 0.361 e. The fourth-order valence-electron chi connectivity index (χ4n) is 1.00. The van der Waals surface area contributed by atoms with E-state index < -0.39 is 0 Å². The van der Waals surface area contributed by atoms with Crippen LogP contribution in [0.4, 0.5) is 0 Å². The molecule has 11 heavy (non-hydrogen) atoms. The molecule has 0 bridgehead atoms. The van der Waals surface area contributed by atoms with Crippen LogP contribution in [0.1, 0.15) is 0 Å². The summed E-state index contributed by atoms with van der Waals surface area (Å²) in [7, 11) is 0. The van der Waals surface area contributed by atoms with Crippen LogP contribution in [0.5, 0.6) is 0 Å². The summed E-state index contributed by atoms with van der Waals surface area (Å²) in [6, 6.07) is 9.42. The van der Waals surface area contributed by atoms with Gasteiger partial charge >= 0.3 is 11.8 Å². The number of halogens is 1. The molecule has 1 heterocycles. The van der Waals surface area contributed by atoms with Gasteiger partial charge in [-0.3, -0.25) is 0 Å². The lowest BCUT2D eigenvalue weighted by molar-refractivity contribution is 0.604. The molecule has 0 aliphatic rings. The predicted molar refractivity (Wildman–Crippen MR) is 45.6 cm³/mol. The lowest BCUT2D eigenvalue weighted by Crippen LogP contribution is -1.69. The summed E-state index contributed by atoms with van der Waals surface area (Å²) >= 11 is 5.76. The van der Waals surface area contributed by atoms with E-state index in [9.17, 15) is 0 Å². The average Bonchev–Trinajstić information content (AvgIpc) is 2.04. The molecule has 0 spiro atoms. The normalized spacial score (nSPS) is 10.3. The van der Waals surface area contributed by atoms with Gasteiger partial charge in [-0.2, -0.15) is 0 Å². The van der Waals surface area contributed by atoms with Gasteiger partial charge in [-0.1, -0.05) is 11.6 Å².